The fourth-order valence-electron chi connectivity index (χ4n) is 2.94. The molecule has 0 aliphatic carbocycles. The summed E-state index contributed by atoms with van der Waals surface area (Å²) in [5.74, 6) is 0.721. The van der Waals surface area contributed by atoms with Gasteiger partial charge in [-0.25, -0.2) is 0 Å². The maximum absolute atomic E-state index is 12.6. The number of anilines is 1. The average Bonchev–Trinajstić information content (AvgIpc) is 2.69. The van der Waals surface area contributed by atoms with Crippen molar-refractivity contribution < 1.29 is 14.3 Å². The van der Waals surface area contributed by atoms with Gasteiger partial charge in [-0.1, -0.05) is 40.0 Å². The van der Waals surface area contributed by atoms with Crippen LogP contribution in [0, 0.1) is 0 Å². The topological polar surface area (TPSA) is 50.8 Å². The fraction of sp³-hybridized carbons (Fsp3) is 0.682. The normalized spacial score (nSPS) is 13.4. The highest BCUT2D eigenvalue weighted by Gasteiger charge is 2.32. The zero-order valence-electron chi connectivity index (χ0n) is 17.8. The molecule has 0 fully saturated rings. The number of methoxy groups -OCH3 is 1. The van der Waals surface area contributed by atoms with E-state index in [-0.39, 0.29) is 5.91 Å². The molecule has 1 N–H and O–H groups in total. The van der Waals surface area contributed by atoms with Gasteiger partial charge in [-0.2, -0.15) is 0 Å². The number of benzene rings is 1. The maximum Gasteiger partial charge on any atom is 0.256 e. The Bertz CT molecular complexity index is 529. The van der Waals surface area contributed by atoms with Gasteiger partial charge in [0.25, 0.3) is 5.91 Å². The SMILES string of the molecule is CCCCCC(C)(OC)C(=O)Nc1ccc(OCCCN(CC)CC)cc1. The summed E-state index contributed by atoms with van der Waals surface area (Å²) in [6.45, 7) is 12.2. The van der Waals surface area contributed by atoms with Crippen LogP contribution >= 0.6 is 0 Å². The smallest absolute Gasteiger partial charge is 0.256 e. The molecule has 5 heteroatoms. The van der Waals surface area contributed by atoms with E-state index in [2.05, 4.69) is 31.0 Å². The Labute approximate surface area is 165 Å². The van der Waals surface area contributed by atoms with Gasteiger partial charge in [-0.15, -0.1) is 0 Å². The predicted molar refractivity (Wildman–Crippen MR) is 113 cm³/mol. The lowest BCUT2D eigenvalue weighted by Crippen LogP contribution is -2.41. The van der Waals surface area contributed by atoms with E-state index in [4.69, 9.17) is 9.47 Å². The van der Waals surface area contributed by atoms with Crippen LogP contribution in [-0.2, 0) is 9.53 Å². The average molecular weight is 379 g/mol. The summed E-state index contributed by atoms with van der Waals surface area (Å²) in [7, 11) is 1.60. The molecule has 0 heterocycles. The van der Waals surface area contributed by atoms with Crippen LogP contribution in [0.25, 0.3) is 0 Å². The molecule has 27 heavy (non-hydrogen) atoms. The summed E-state index contributed by atoms with van der Waals surface area (Å²) in [5.41, 5.74) is -0.0383. The largest absolute Gasteiger partial charge is 0.494 e. The lowest BCUT2D eigenvalue weighted by Gasteiger charge is -2.27. The second-order valence-electron chi connectivity index (χ2n) is 7.10. The van der Waals surface area contributed by atoms with Gasteiger partial charge in [0.1, 0.15) is 11.4 Å². The molecule has 1 atom stereocenters. The highest BCUT2D eigenvalue weighted by atomic mass is 16.5. The van der Waals surface area contributed by atoms with Crippen molar-refractivity contribution in [2.75, 3.05) is 38.7 Å². The number of hydrogen-bond acceptors (Lipinski definition) is 4. The first-order chi connectivity index (χ1) is 13.0. The van der Waals surface area contributed by atoms with Crippen LogP contribution in [0.1, 0.15) is 59.8 Å². The van der Waals surface area contributed by atoms with E-state index in [9.17, 15) is 4.79 Å². The molecule has 1 amide bonds. The highest BCUT2D eigenvalue weighted by Crippen LogP contribution is 2.22. The van der Waals surface area contributed by atoms with Crippen molar-refractivity contribution >= 4 is 11.6 Å². The number of carbonyl (C=O) groups excluding carboxylic acids is 1. The van der Waals surface area contributed by atoms with Crippen LogP contribution in [0.5, 0.6) is 5.75 Å². The third-order valence-corrected chi connectivity index (χ3v) is 5.08. The molecule has 0 aliphatic heterocycles. The van der Waals surface area contributed by atoms with Gasteiger partial charge in [0.15, 0.2) is 0 Å². The zero-order valence-corrected chi connectivity index (χ0v) is 17.8. The summed E-state index contributed by atoms with van der Waals surface area (Å²) in [6.07, 6.45) is 4.93. The van der Waals surface area contributed by atoms with E-state index in [1.165, 1.54) is 0 Å². The van der Waals surface area contributed by atoms with Crippen LogP contribution in [0.4, 0.5) is 5.69 Å². The number of rotatable bonds is 14. The van der Waals surface area contributed by atoms with Crippen LogP contribution in [-0.4, -0.2) is 49.8 Å². The van der Waals surface area contributed by atoms with Gasteiger partial charge in [0.2, 0.25) is 0 Å². The molecule has 0 spiro atoms. The predicted octanol–water partition coefficient (Wildman–Crippen LogP) is 4.72. The van der Waals surface area contributed by atoms with Crippen molar-refractivity contribution in [1.82, 2.24) is 4.90 Å². The van der Waals surface area contributed by atoms with Gasteiger partial charge >= 0.3 is 0 Å². The molecule has 0 bridgehead atoms. The van der Waals surface area contributed by atoms with E-state index in [1.807, 2.05) is 31.2 Å². The molecule has 1 rings (SSSR count). The second-order valence-corrected chi connectivity index (χ2v) is 7.10. The van der Waals surface area contributed by atoms with Crippen LogP contribution in [0.2, 0.25) is 0 Å². The summed E-state index contributed by atoms with van der Waals surface area (Å²) >= 11 is 0. The number of ether oxygens (including phenoxy) is 2. The second kappa shape index (κ2) is 12.7. The van der Waals surface area contributed by atoms with Crippen molar-refractivity contribution in [2.45, 2.75) is 65.4 Å². The van der Waals surface area contributed by atoms with E-state index in [0.29, 0.717) is 6.61 Å². The number of unbranched alkanes of at least 4 members (excludes halogenated alkanes) is 2. The van der Waals surface area contributed by atoms with Crippen molar-refractivity contribution in [3.8, 4) is 5.75 Å². The van der Waals surface area contributed by atoms with E-state index in [0.717, 1.165) is 63.2 Å². The van der Waals surface area contributed by atoms with Gasteiger partial charge in [-0.05, 0) is 57.1 Å². The van der Waals surface area contributed by atoms with Crippen LogP contribution in [0.3, 0.4) is 0 Å². The van der Waals surface area contributed by atoms with Crippen molar-refractivity contribution in [3.63, 3.8) is 0 Å². The van der Waals surface area contributed by atoms with Gasteiger partial charge in [0, 0.05) is 19.3 Å². The highest BCUT2D eigenvalue weighted by molar-refractivity contribution is 5.97. The zero-order chi connectivity index (χ0) is 20.1. The summed E-state index contributed by atoms with van der Waals surface area (Å²) < 4.78 is 11.3. The van der Waals surface area contributed by atoms with Crippen molar-refractivity contribution in [1.29, 1.82) is 0 Å². The van der Waals surface area contributed by atoms with Crippen molar-refractivity contribution in [2.24, 2.45) is 0 Å². The third kappa shape index (κ3) is 8.31. The molecule has 1 aromatic rings. The van der Waals surface area contributed by atoms with Crippen LogP contribution in [0.15, 0.2) is 24.3 Å². The van der Waals surface area contributed by atoms with Gasteiger partial charge in [-0.3, -0.25) is 4.79 Å². The van der Waals surface area contributed by atoms with Gasteiger partial charge in [0.05, 0.1) is 6.61 Å². The lowest BCUT2D eigenvalue weighted by molar-refractivity contribution is -0.136. The Hall–Kier alpha value is -1.59. The Balaban J connectivity index is 2.47. The van der Waals surface area contributed by atoms with Gasteiger partial charge < -0.3 is 19.7 Å². The molecule has 1 aromatic carbocycles. The Morgan fingerprint density at radius 2 is 1.74 bits per heavy atom. The Kier molecular flexibility index (Phi) is 11.1. The first kappa shape index (κ1) is 23.4. The minimum Gasteiger partial charge on any atom is -0.494 e. The number of nitrogens with zero attached hydrogens (tertiary/aromatic N) is 1. The van der Waals surface area contributed by atoms with E-state index < -0.39 is 5.60 Å². The first-order valence-corrected chi connectivity index (χ1v) is 10.3. The number of carbonyl (C=O) groups is 1. The first-order valence-electron chi connectivity index (χ1n) is 10.3. The fourth-order valence-corrected chi connectivity index (χ4v) is 2.94. The lowest BCUT2D eigenvalue weighted by atomic mass is 9.97. The molecular weight excluding hydrogens is 340 g/mol. The number of amides is 1. The Morgan fingerprint density at radius 1 is 1.07 bits per heavy atom. The summed E-state index contributed by atoms with van der Waals surface area (Å²) in [4.78, 5) is 15.0. The Morgan fingerprint density at radius 3 is 2.30 bits per heavy atom. The van der Waals surface area contributed by atoms with E-state index in [1.54, 1.807) is 7.11 Å². The molecule has 5 nitrogen and oxygen atoms in total. The monoisotopic (exact) mass is 378 g/mol. The van der Waals surface area contributed by atoms with Crippen molar-refractivity contribution in [3.05, 3.63) is 24.3 Å². The molecule has 0 aromatic heterocycles. The molecule has 0 aliphatic rings. The minimum absolute atomic E-state index is 0.103. The number of nitrogens with one attached hydrogen (secondary N) is 1. The molecular formula is C22H38N2O3. The number of hydrogen-bond donors (Lipinski definition) is 1. The summed E-state index contributed by atoms with van der Waals surface area (Å²) in [5, 5.41) is 2.96. The quantitative estimate of drug-likeness (QED) is 0.476. The van der Waals surface area contributed by atoms with Crippen LogP contribution < -0.4 is 10.1 Å². The standard InChI is InChI=1S/C22H38N2O3/c1-6-9-10-16-22(4,26-5)21(25)23-19-12-14-20(15-13-19)27-18-11-17-24(7-2)8-3/h12-15H,6-11,16-18H2,1-5H3,(H,23,25). The molecule has 0 saturated carbocycles. The maximum atomic E-state index is 12.6. The molecule has 0 radical (unpaired) electrons. The minimum atomic E-state index is -0.797. The molecule has 0 saturated heterocycles. The molecule has 1 unspecified atom stereocenters. The third-order valence-electron chi connectivity index (χ3n) is 5.08. The molecule has 154 valence electrons. The summed E-state index contributed by atoms with van der Waals surface area (Å²) in [6, 6.07) is 7.54. The van der Waals surface area contributed by atoms with E-state index >= 15 is 0 Å².